The number of nitro groups is 1. The fourth-order valence-electron chi connectivity index (χ4n) is 2.29. The third-order valence-corrected chi connectivity index (χ3v) is 4.84. The lowest BCUT2D eigenvalue weighted by Crippen LogP contribution is -2.31. The molecular weight excluding hydrogens is 362 g/mol. The van der Waals surface area contributed by atoms with E-state index in [0.717, 1.165) is 6.07 Å². The minimum Gasteiger partial charge on any atom is -0.395 e. The highest BCUT2D eigenvalue weighted by Crippen LogP contribution is 2.16. The summed E-state index contributed by atoms with van der Waals surface area (Å²) in [5, 5.41) is 13.2. The van der Waals surface area contributed by atoms with Crippen LogP contribution in [-0.2, 0) is 22.3 Å². The van der Waals surface area contributed by atoms with Crippen LogP contribution < -0.4 is 10.0 Å². The summed E-state index contributed by atoms with van der Waals surface area (Å²) >= 11 is 0. The lowest BCUT2D eigenvalue weighted by molar-refractivity contribution is -0.402. The molecule has 0 aliphatic carbocycles. The highest BCUT2D eigenvalue weighted by Gasteiger charge is 2.18. The van der Waals surface area contributed by atoms with Gasteiger partial charge in [-0.2, -0.15) is 0 Å². The van der Waals surface area contributed by atoms with E-state index in [1.807, 2.05) is 0 Å². The Kier molecular flexibility index (Phi) is 6.11. The fourth-order valence-corrected chi connectivity index (χ4v) is 3.78. The number of benzene rings is 1. The van der Waals surface area contributed by atoms with E-state index in [0.29, 0.717) is 11.1 Å². The predicted octanol–water partition coefficient (Wildman–Crippen LogP) is 1.95. The third kappa shape index (κ3) is 5.39. The van der Waals surface area contributed by atoms with Gasteiger partial charge in [-0.1, -0.05) is 24.3 Å². The molecule has 0 saturated carbocycles. The number of carbonyl (C=O) groups is 1. The van der Waals surface area contributed by atoms with E-state index >= 15 is 0 Å². The summed E-state index contributed by atoms with van der Waals surface area (Å²) in [5.74, 6) is -1.57. The monoisotopic (exact) mass is 381 g/mol. The maximum atomic E-state index is 12.1. The van der Waals surface area contributed by atoms with Crippen molar-refractivity contribution in [3.63, 3.8) is 0 Å². The summed E-state index contributed by atoms with van der Waals surface area (Å²) in [5.41, 5.74) is 1.17. The molecule has 9 nitrogen and oxygen atoms in total. The number of amides is 1. The van der Waals surface area contributed by atoms with Gasteiger partial charge in [-0.25, -0.2) is 13.1 Å². The molecule has 10 heteroatoms. The molecule has 1 amide bonds. The molecule has 0 aliphatic rings. The second-order valence-electron chi connectivity index (χ2n) is 5.88. The zero-order valence-electron chi connectivity index (χ0n) is 14.3. The number of furan rings is 1. The van der Waals surface area contributed by atoms with E-state index < -0.39 is 26.7 Å². The molecule has 26 heavy (non-hydrogen) atoms. The van der Waals surface area contributed by atoms with E-state index in [-0.39, 0.29) is 24.1 Å². The van der Waals surface area contributed by atoms with Crippen molar-refractivity contribution in [1.82, 2.24) is 10.0 Å². The Morgan fingerprint density at radius 3 is 2.42 bits per heavy atom. The van der Waals surface area contributed by atoms with Crippen molar-refractivity contribution in [2.24, 2.45) is 0 Å². The molecule has 0 spiro atoms. The SMILES string of the molecule is CC(C)NS(=O)(=O)Cc1ccccc1CNC(=O)c1ccc([N+](=O)[O-])o1. The van der Waals surface area contributed by atoms with E-state index in [1.165, 1.54) is 6.07 Å². The van der Waals surface area contributed by atoms with E-state index in [9.17, 15) is 23.3 Å². The molecule has 2 rings (SSSR count). The van der Waals surface area contributed by atoms with Crippen molar-refractivity contribution in [3.05, 3.63) is 63.4 Å². The van der Waals surface area contributed by atoms with Crippen LogP contribution in [0.3, 0.4) is 0 Å². The first kappa shape index (κ1) is 19.6. The van der Waals surface area contributed by atoms with Crippen molar-refractivity contribution in [1.29, 1.82) is 0 Å². The number of hydrogen-bond acceptors (Lipinski definition) is 6. The molecular formula is C16H19N3O6S. The highest BCUT2D eigenvalue weighted by atomic mass is 32.2. The largest absolute Gasteiger partial charge is 0.433 e. The summed E-state index contributed by atoms with van der Waals surface area (Å²) in [4.78, 5) is 21.9. The van der Waals surface area contributed by atoms with Gasteiger partial charge >= 0.3 is 5.88 Å². The van der Waals surface area contributed by atoms with Crippen molar-refractivity contribution in [2.75, 3.05) is 0 Å². The van der Waals surface area contributed by atoms with Crippen molar-refractivity contribution >= 4 is 21.8 Å². The molecule has 0 aliphatic heterocycles. The number of rotatable bonds is 8. The van der Waals surface area contributed by atoms with Crippen molar-refractivity contribution in [2.45, 2.75) is 32.2 Å². The first-order chi connectivity index (χ1) is 12.2. The van der Waals surface area contributed by atoms with Crippen LogP contribution in [0.1, 0.15) is 35.5 Å². The van der Waals surface area contributed by atoms with Crippen LogP contribution in [0.2, 0.25) is 0 Å². The van der Waals surface area contributed by atoms with Gasteiger partial charge in [-0.3, -0.25) is 14.9 Å². The molecule has 1 heterocycles. The zero-order chi connectivity index (χ0) is 19.3. The maximum Gasteiger partial charge on any atom is 0.433 e. The Bertz CT molecular complexity index is 904. The Balaban J connectivity index is 2.08. The maximum absolute atomic E-state index is 12.1. The molecule has 1 aromatic heterocycles. The lowest BCUT2D eigenvalue weighted by Gasteiger charge is -2.13. The normalized spacial score (nSPS) is 11.5. The molecule has 2 aromatic rings. The molecule has 2 N–H and O–H groups in total. The van der Waals surface area contributed by atoms with Crippen LogP contribution in [-0.4, -0.2) is 25.3 Å². The van der Waals surface area contributed by atoms with Crippen LogP contribution in [0.5, 0.6) is 0 Å². The quantitative estimate of drug-likeness (QED) is 0.530. The third-order valence-electron chi connectivity index (χ3n) is 3.31. The van der Waals surface area contributed by atoms with Gasteiger partial charge in [0.05, 0.1) is 11.8 Å². The molecule has 0 bridgehead atoms. The van der Waals surface area contributed by atoms with E-state index in [1.54, 1.807) is 38.1 Å². The van der Waals surface area contributed by atoms with Crippen molar-refractivity contribution < 1.29 is 22.6 Å². The average molecular weight is 381 g/mol. The molecule has 1 aromatic carbocycles. The minimum atomic E-state index is -3.51. The first-order valence-corrected chi connectivity index (χ1v) is 9.42. The van der Waals surface area contributed by atoms with Gasteiger partial charge in [-0.05, 0) is 31.0 Å². The smallest absolute Gasteiger partial charge is 0.395 e. The Morgan fingerprint density at radius 2 is 1.85 bits per heavy atom. The number of nitrogens with one attached hydrogen (secondary N) is 2. The van der Waals surface area contributed by atoms with Gasteiger partial charge in [0.15, 0.2) is 5.76 Å². The van der Waals surface area contributed by atoms with Gasteiger partial charge in [0.25, 0.3) is 5.91 Å². The topological polar surface area (TPSA) is 132 Å². The summed E-state index contributed by atoms with van der Waals surface area (Å²) in [7, 11) is -3.51. The van der Waals surface area contributed by atoms with E-state index in [4.69, 9.17) is 4.42 Å². The summed E-state index contributed by atoms with van der Waals surface area (Å²) in [6.45, 7) is 3.51. The molecule has 0 fully saturated rings. The standard InChI is InChI=1S/C16H19N3O6S/c1-11(2)18-26(23,24)10-13-6-4-3-5-12(13)9-17-16(20)14-7-8-15(25-14)19(21)22/h3-8,11,18H,9-10H2,1-2H3,(H,17,20). The molecule has 0 radical (unpaired) electrons. The second kappa shape index (κ2) is 8.11. The van der Waals surface area contributed by atoms with Crippen LogP contribution in [0.15, 0.2) is 40.8 Å². The van der Waals surface area contributed by atoms with E-state index in [2.05, 4.69) is 10.0 Å². The van der Waals surface area contributed by atoms with Gasteiger partial charge < -0.3 is 9.73 Å². The number of carbonyl (C=O) groups excluding carboxylic acids is 1. The summed E-state index contributed by atoms with van der Waals surface area (Å²) in [6.07, 6.45) is 0. The van der Waals surface area contributed by atoms with Crippen LogP contribution in [0, 0.1) is 10.1 Å². The number of sulfonamides is 1. The molecule has 140 valence electrons. The van der Waals surface area contributed by atoms with Gasteiger partial charge in [-0.15, -0.1) is 0 Å². The summed E-state index contributed by atoms with van der Waals surface area (Å²) in [6, 6.07) is 8.88. The fraction of sp³-hybridized carbons (Fsp3) is 0.312. The van der Waals surface area contributed by atoms with Crippen LogP contribution in [0.25, 0.3) is 0 Å². The summed E-state index contributed by atoms with van der Waals surface area (Å²) < 4.78 is 31.6. The minimum absolute atomic E-state index is 0.0563. The van der Waals surface area contributed by atoms with Crippen LogP contribution in [0.4, 0.5) is 5.88 Å². The average Bonchev–Trinajstić information content (AvgIpc) is 3.02. The second-order valence-corrected chi connectivity index (χ2v) is 7.63. The van der Waals surface area contributed by atoms with Gasteiger partial charge in [0.1, 0.15) is 4.92 Å². The molecule has 0 saturated heterocycles. The van der Waals surface area contributed by atoms with Crippen LogP contribution >= 0.6 is 0 Å². The first-order valence-electron chi connectivity index (χ1n) is 7.77. The Hall–Kier alpha value is -2.72. The Labute approximate surface area is 150 Å². The molecule has 0 atom stereocenters. The Morgan fingerprint density at radius 1 is 1.19 bits per heavy atom. The lowest BCUT2D eigenvalue weighted by atomic mass is 10.1. The number of nitrogens with zero attached hydrogens (tertiary/aromatic N) is 1. The zero-order valence-corrected chi connectivity index (χ0v) is 15.1. The molecule has 0 unspecified atom stereocenters. The van der Waals surface area contributed by atoms with Crippen molar-refractivity contribution in [3.8, 4) is 0 Å². The number of hydrogen-bond donors (Lipinski definition) is 2. The predicted molar refractivity (Wildman–Crippen MR) is 93.9 cm³/mol. The van der Waals surface area contributed by atoms with Gasteiger partial charge in [0.2, 0.25) is 10.0 Å². The highest BCUT2D eigenvalue weighted by molar-refractivity contribution is 7.88. The van der Waals surface area contributed by atoms with Gasteiger partial charge in [0, 0.05) is 12.6 Å².